The Balaban J connectivity index is 1.61. The highest BCUT2D eigenvalue weighted by Gasteiger charge is 2.23. The van der Waals surface area contributed by atoms with Gasteiger partial charge in [-0.2, -0.15) is 0 Å². The molecular formula is C17H33N3O2. The minimum Gasteiger partial charge on any atom is -0.381 e. The number of likely N-dealkylation sites (tertiary alicyclic amines) is 1. The van der Waals surface area contributed by atoms with Crippen molar-refractivity contribution in [2.24, 2.45) is 16.8 Å². The van der Waals surface area contributed by atoms with Crippen LogP contribution in [0, 0.1) is 11.8 Å². The molecule has 0 aromatic rings. The summed E-state index contributed by atoms with van der Waals surface area (Å²) in [6.45, 7) is 10.3. The summed E-state index contributed by atoms with van der Waals surface area (Å²) in [4.78, 5) is 6.84. The molecule has 0 radical (unpaired) electrons. The van der Waals surface area contributed by atoms with Crippen molar-refractivity contribution in [3.63, 3.8) is 0 Å². The van der Waals surface area contributed by atoms with Gasteiger partial charge >= 0.3 is 0 Å². The first-order valence-corrected chi connectivity index (χ1v) is 8.84. The highest BCUT2D eigenvalue weighted by atomic mass is 16.5. The zero-order valence-corrected chi connectivity index (χ0v) is 14.5. The third kappa shape index (κ3) is 5.76. The number of nitrogens with zero attached hydrogens (tertiary/aromatic N) is 2. The van der Waals surface area contributed by atoms with Gasteiger partial charge in [0.15, 0.2) is 5.96 Å². The van der Waals surface area contributed by atoms with E-state index in [1.807, 2.05) is 7.05 Å². The molecule has 2 atom stereocenters. The molecule has 2 saturated heterocycles. The summed E-state index contributed by atoms with van der Waals surface area (Å²) in [6, 6.07) is 0. The topological polar surface area (TPSA) is 46.1 Å². The molecule has 0 aromatic heterocycles. The number of hydrogen-bond acceptors (Lipinski definition) is 3. The highest BCUT2D eigenvalue weighted by molar-refractivity contribution is 5.79. The lowest BCUT2D eigenvalue weighted by Crippen LogP contribution is -2.48. The summed E-state index contributed by atoms with van der Waals surface area (Å²) in [5, 5.41) is 3.49. The van der Waals surface area contributed by atoms with Gasteiger partial charge in [0.25, 0.3) is 0 Å². The molecule has 0 amide bonds. The summed E-state index contributed by atoms with van der Waals surface area (Å²) >= 11 is 0. The lowest BCUT2D eigenvalue weighted by atomic mass is 9.92. The molecule has 0 aliphatic carbocycles. The maximum absolute atomic E-state index is 5.90. The monoisotopic (exact) mass is 311 g/mol. The highest BCUT2D eigenvalue weighted by Crippen LogP contribution is 2.20. The van der Waals surface area contributed by atoms with Gasteiger partial charge < -0.3 is 19.7 Å². The van der Waals surface area contributed by atoms with Crippen LogP contribution in [0.3, 0.4) is 0 Å². The second-order valence-electron chi connectivity index (χ2n) is 6.86. The van der Waals surface area contributed by atoms with Gasteiger partial charge in [-0.05, 0) is 37.5 Å². The van der Waals surface area contributed by atoms with Gasteiger partial charge in [-0.25, -0.2) is 0 Å². The summed E-state index contributed by atoms with van der Waals surface area (Å²) in [6.07, 6.45) is 4.83. The van der Waals surface area contributed by atoms with E-state index in [9.17, 15) is 0 Å². The number of aliphatic imine (C=N–C) groups is 1. The first kappa shape index (κ1) is 17.5. The van der Waals surface area contributed by atoms with E-state index in [1.54, 1.807) is 0 Å². The second-order valence-corrected chi connectivity index (χ2v) is 6.86. The van der Waals surface area contributed by atoms with Gasteiger partial charge in [-0.1, -0.05) is 13.8 Å². The zero-order valence-electron chi connectivity index (χ0n) is 14.5. The van der Waals surface area contributed by atoms with Gasteiger partial charge in [0.2, 0.25) is 0 Å². The smallest absolute Gasteiger partial charge is 0.193 e. The van der Waals surface area contributed by atoms with E-state index in [1.165, 1.54) is 6.42 Å². The van der Waals surface area contributed by atoms with E-state index in [4.69, 9.17) is 9.47 Å². The molecule has 0 saturated carbocycles. The van der Waals surface area contributed by atoms with Crippen molar-refractivity contribution in [2.75, 3.05) is 46.5 Å². The van der Waals surface area contributed by atoms with Crippen molar-refractivity contribution in [2.45, 2.75) is 45.6 Å². The first-order valence-electron chi connectivity index (χ1n) is 8.84. The van der Waals surface area contributed by atoms with Crippen molar-refractivity contribution in [3.05, 3.63) is 0 Å². The molecule has 2 unspecified atom stereocenters. The van der Waals surface area contributed by atoms with Gasteiger partial charge in [0.1, 0.15) is 0 Å². The van der Waals surface area contributed by atoms with Crippen LogP contribution < -0.4 is 5.32 Å². The van der Waals surface area contributed by atoms with E-state index < -0.39 is 0 Å². The lowest BCUT2D eigenvalue weighted by molar-refractivity contribution is -0.0320. The van der Waals surface area contributed by atoms with Crippen molar-refractivity contribution < 1.29 is 9.47 Å². The predicted molar refractivity (Wildman–Crippen MR) is 90.3 cm³/mol. The standard InChI is InChI=1S/C17H33N3O2/c1-14-11-15(2)13-20(12-14)17(18-3)19-7-4-8-22-16-5-9-21-10-6-16/h14-16H,4-13H2,1-3H3,(H,18,19). The molecule has 2 aliphatic heterocycles. The molecule has 2 aliphatic rings. The zero-order chi connectivity index (χ0) is 15.8. The third-order valence-corrected chi connectivity index (χ3v) is 4.51. The normalized spacial score (nSPS) is 28.0. The first-order chi connectivity index (χ1) is 10.7. The van der Waals surface area contributed by atoms with Crippen molar-refractivity contribution in [3.8, 4) is 0 Å². The largest absolute Gasteiger partial charge is 0.381 e. The van der Waals surface area contributed by atoms with E-state index in [0.717, 1.165) is 76.5 Å². The van der Waals surface area contributed by atoms with Gasteiger partial charge in [-0.15, -0.1) is 0 Å². The molecule has 0 bridgehead atoms. The van der Waals surface area contributed by atoms with Crippen LogP contribution in [0.2, 0.25) is 0 Å². The van der Waals surface area contributed by atoms with Crippen LogP contribution in [-0.2, 0) is 9.47 Å². The Bertz CT molecular complexity index is 333. The average Bonchev–Trinajstić information content (AvgIpc) is 2.51. The Kier molecular flexibility index (Phi) is 7.46. The summed E-state index contributed by atoms with van der Waals surface area (Å²) < 4.78 is 11.2. The van der Waals surface area contributed by atoms with E-state index in [0.29, 0.717) is 6.10 Å². The summed E-state index contributed by atoms with van der Waals surface area (Å²) in [5.74, 6) is 2.54. The Morgan fingerprint density at radius 2 is 1.91 bits per heavy atom. The number of piperidine rings is 1. The van der Waals surface area contributed by atoms with E-state index >= 15 is 0 Å². The van der Waals surface area contributed by atoms with E-state index in [-0.39, 0.29) is 0 Å². The fourth-order valence-corrected chi connectivity index (χ4v) is 3.53. The average molecular weight is 311 g/mol. The minimum atomic E-state index is 0.400. The van der Waals surface area contributed by atoms with Crippen LogP contribution in [0.5, 0.6) is 0 Å². The van der Waals surface area contributed by atoms with Crippen LogP contribution in [0.25, 0.3) is 0 Å². The van der Waals surface area contributed by atoms with Crippen molar-refractivity contribution in [1.82, 2.24) is 10.2 Å². The molecule has 2 fully saturated rings. The Morgan fingerprint density at radius 1 is 1.23 bits per heavy atom. The maximum atomic E-state index is 5.90. The Labute approximate surface area is 135 Å². The lowest BCUT2D eigenvalue weighted by Gasteiger charge is -2.37. The molecular weight excluding hydrogens is 278 g/mol. The predicted octanol–water partition coefficient (Wildman–Crippen LogP) is 2.13. The second kappa shape index (κ2) is 9.36. The number of ether oxygens (including phenoxy) is 2. The van der Waals surface area contributed by atoms with Crippen molar-refractivity contribution in [1.29, 1.82) is 0 Å². The van der Waals surface area contributed by atoms with E-state index in [2.05, 4.69) is 29.1 Å². The molecule has 22 heavy (non-hydrogen) atoms. The van der Waals surface area contributed by atoms with Gasteiger partial charge in [0.05, 0.1) is 6.10 Å². The summed E-state index contributed by atoms with van der Waals surface area (Å²) in [7, 11) is 1.88. The Hall–Kier alpha value is -0.810. The van der Waals surface area contributed by atoms with Crippen LogP contribution >= 0.6 is 0 Å². The number of guanidine groups is 1. The molecule has 128 valence electrons. The molecule has 5 heteroatoms. The van der Waals surface area contributed by atoms with Crippen molar-refractivity contribution >= 4 is 5.96 Å². The molecule has 1 N–H and O–H groups in total. The Morgan fingerprint density at radius 3 is 2.55 bits per heavy atom. The van der Waals surface area contributed by atoms with Crippen LogP contribution in [0.1, 0.15) is 39.5 Å². The summed E-state index contributed by atoms with van der Waals surface area (Å²) in [5.41, 5.74) is 0. The SMILES string of the molecule is CN=C(NCCCOC1CCOCC1)N1CC(C)CC(C)C1. The third-order valence-electron chi connectivity index (χ3n) is 4.51. The number of rotatable bonds is 5. The minimum absolute atomic E-state index is 0.400. The molecule has 2 heterocycles. The fraction of sp³-hybridized carbons (Fsp3) is 0.941. The fourth-order valence-electron chi connectivity index (χ4n) is 3.53. The van der Waals surface area contributed by atoms with Crippen LogP contribution in [-0.4, -0.2) is 63.5 Å². The maximum Gasteiger partial charge on any atom is 0.193 e. The van der Waals surface area contributed by atoms with Gasteiger partial charge in [-0.3, -0.25) is 4.99 Å². The van der Waals surface area contributed by atoms with Gasteiger partial charge in [0, 0.05) is 46.5 Å². The number of nitrogens with one attached hydrogen (secondary N) is 1. The quantitative estimate of drug-likeness (QED) is 0.480. The number of hydrogen-bond donors (Lipinski definition) is 1. The molecule has 0 aromatic carbocycles. The van der Waals surface area contributed by atoms with Crippen LogP contribution in [0.15, 0.2) is 4.99 Å². The molecule has 5 nitrogen and oxygen atoms in total. The molecule has 2 rings (SSSR count). The van der Waals surface area contributed by atoms with Crippen LogP contribution in [0.4, 0.5) is 0 Å². The molecule has 0 spiro atoms.